The van der Waals surface area contributed by atoms with Gasteiger partial charge in [0.1, 0.15) is 13.2 Å². The van der Waals surface area contributed by atoms with Crippen molar-refractivity contribution in [2.24, 2.45) is 27.7 Å². The highest BCUT2D eigenvalue weighted by atomic mass is 16.5. The fraction of sp³-hybridized carbons (Fsp3) is 0.389. The van der Waals surface area contributed by atoms with Crippen molar-refractivity contribution in [1.29, 1.82) is 0 Å². The van der Waals surface area contributed by atoms with Crippen molar-refractivity contribution in [1.82, 2.24) is 4.98 Å². The van der Waals surface area contributed by atoms with Gasteiger partial charge in [-0.2, -0.15) is 0 Å². The Kier molecular flexibility index (Phi) is 18.2. The van der Waals surface area contributed by atoms with E-state index < -0.39 is 0 Å². The zero-order valence-electron chi connectivity index (χ0n) is 38.7. The van der Waals surface area contributed by atoms with E-state index in [9.17, 15) is 9.59 Å². The van der Waals surface area contributed by atoms with Crippen LogP contribution in [-0.2, 0) is 38.9 Å². The zero-order chi connectivity index (χ0) is 45.3. The fourth-order valence-corrected chi connectivity index (χ4v) is 7.84. The molecule has 0 bridgehead atoms. The van der Waals surface area contributed by atoms with Crippen LogP contribution in [0.4, 0.5) is 11.4 Å². The molecule has 4 aromatic carbocycles. The van der Waals surface area contributed by atoms with Crippen LogP contribution in [0.15, 0.2) is 101 Å². The third kappa shape index (κ3) is 13.2. The molecule has 0 aliphatic carbocycles. The Morgan fingerprint density at radius 1 is 0.651 bits per heavy atom. The van der Waals surface area contributed by atoms with Crippen LogP contribution in [-0.4, -0.2) is 43.2 Å². The number of benzene rings is 4. The SMILES string of the molecule is CCCC(C=Nc1cc(OCc2ccnc(COc3cc(N=CC(Cc4ccccc4CC)C(C)CC)c(C(C)=O)cc3OC)c2)c(OC)cc1C(C)=O)Cc1ccccc1CC. The van der Waals surface area contributed by atoms with Gasteiger partial charge in [-0.05, 0) is 110 Å². The van der Waals surface area contributed by atoms with Crippen LogP contribution in [0.2, 0.25) is 0 Å². The molecule has 5 aromatic rings. The summed E-state index contributed by atoms with van der Waals surface area (Å²) in [7, 11) is 3.11. The number of Topliss-reactive ketones (excluding diaryl/α,β-unsaturated/α-hetero) is 2. The zero-order valence-corrected chi connectivity index (χ0v) is 38.7. The molecule has 0 amide bonds. The first kappa shape index (κ1) is 48.0. The molecule has 3 atom stereocenters. The van der Waals surface area contributed by atoms with Gasteiger partial charge >= 0.3 is 0 Å². The minimum atomic E-state index is -0.112. The lowest BCUT2D eigenvalue weighted by Gasteiger charge is -2.21. The summed E-state index contributed by atoms with van der Waals surface area (Å²) in [5.74, 6) is 2.35. The third-order valence-corrected chi connectivity index (χ3v) is 11.8. The molecule has 9 nitrogen and oxygen atoms in total. The van der Waals surface area contributed by atoms with Gasteiger partial charge in [0.25, 0.3) is 0 Å². The number of aryl methyl sites for hydroxylation is 2. The first-order valence-corrected chi connectivity index (χ1v) is 22.4. The van der Waals surface area contributed by atoms with Crippen molar-refractivity contribution in [3.05, 3.63) is 136 Å². The number of aliphatic imine (C=N–C) groups is 2. The molecule has 3 unspecified atom stereocenters. The normalized spacial score (nSPS) is 12.9. The number of methoxy groups -OCH3 is 2. The van der Waals surface area contributed by atoms with Crippen LogP contribution in [0.5, 0.6) is 23.0 Å². The molecular weight excluding hydrogens is 787 g/mol. The summed E-state index contributed by atoms with van der Waals surface area (Å²) in [6, 6.07) is 27.9. The number of rotatable bonds is 24. The molecule has 5 rings (SSSR count). The van der Waals surface area contributed by atoms with Crippen molar-refractivity contribution in [2.75, 3.05) is 14.2 Å². The number of aromatic nitrogens is 1. The standard InChI is InChI=1S/C54H65N3O6/c1-10-18-39(25-43-21-16-14-19-41(43)12-3)32-56-49-30-53(51(60-8)28-47(49)37(6)58)62-34-40-23-24-55-46(26-40)35-63-54-31-50(48(38(7)59)29-52(54)61-9)57-33-45(36(5)11-2)27-44-22-17-15-20-42(44)13-4/h14-17,19-24,26,28-33,36,39,45H,10-13,18,25,27,34-35H2,1-9H3. The minimum Gasteiger partial charge on any atom is -0.493 e. The Morgan fingerprint density at radius 3 is 1.68 bits per heavy atom. The van der Waals surface area contributed by atoms with Crippen molar-refractivity contribution in [2.45, 2.75) is 107 Å². The third-order valence-electron chi connectivity index (χ3n) is 11.8. The predicted octanol–water partition coefficient (Wildman–Crippen LogP) is 12.8. The highest BCUT2D eigenvalue weighted by Crippen LogP contribution is 2.38. The van der Waals surface area contributed by atoms with E-state index in [0.717, 1.165) is 50.5 Å². The lowest BCUT2D eigenvalue weighted by molar-refractivity contribution is 0.100. The van der Waals surface area contributed by atoms with Crippen LogP contribution < -0.4 is 18.9 Å². The average molecular weight is 852 g/mol. The van der Waals surface area contributed by atoms with Crippen LogP contribution >= 0.6 is 0 Å². The van der Waals surface area contributed by atoms with Crippen LogP contribution in [0.3, 0.4) is 0 Å². The minimum absolute atomic E-state index is 0.107. The van der Waals surface area contributed by atoms with Crippen molar-refractivity contribution < 1.29 is 28.5 Å². The van der Waals surface area contributed by atoms with Gasteiger partial charge in [-0.25, -0.2) is 0 Å². The van der Waals surface area contributed by atoms with Gasteiger partial charge < -0.3 is 18.9 Å². The maximum Gasteiger partial charge on any atom is 0.163 e. The molecule has 1 aromatic heterocycles. The number of carbonyl (C=O) groups excluding carboxylic acids is 2. The Labute approximate surface area is 375 Å². The van der Waals surface area contributed by atoms with Gasteiger partial charge in [-0.1, -0.05) is 96.0 Å². The number of hydrogen-bond acceptors (Lipinski definition) is 9. The molecule has 63 heavy (non-hydrogen) atoms. The van der Waals surface area contributed by atoms with E-state index in [1.165, 1.54) is 36.1 Å². The first-order valence-electron chi connectivity index (χ1n) is 22.4. The number of nitrogens with zero attached hydrogens (tertiary/aromatic N) is 3. The summed E-state index contributed by atoms with van der Waals surface area (Å²) in [5.41, 5.74) is 8.85. The van der Waals surface area contributed by atoms with E-state index in [0.29, 0.717) is 57.1 Å². The van der Waals surface area contributed by atoms with E-state index in [2.05, 4.69) is 88.1 Å². The van der Waals surface area contributed by atoms with Gasteiger partial charge in [0.15, 0.2) is 34.6 Å². The monoisotopic (exact) mass is 851 g/mol. The smallest absolute Gasteiger partial charge is 0.163 e. The van der Waals surface area contributed by atoms with Crippen LogP contribution in [0.25, 0.3) is 0 Å². The summed E-state index contributed by atoms with van der Waals surface area (Å²) in [6.45, 7) is 14.4. The second-order valence-electron chi connectivity index (χ2n) is 16.2. The molecule has 0 saturated heterocycles. The van der Waals surface area contributed by atoms with Crippen molar-refractivity contribution in [3.8, 4) is 23.0 Å². The molecule has 0 aliphatic heterocycles. The summed E-state index contributed by atoms with van der Waals surface area (Å²) >= 11 is 0. The molecule has 0 N–H and O–H groups in total. The molecule has 332 valence electrons. The van der Waals surface area contributed by atoms with E-state index in [4.69, 9.17) is 28.9 Å². The van der Waals surface area contributed by atoms with Crippen LogP contribution in [0, 0.1) is 17.8 Å². The molecule has 0 radical (unpaired) electrons. The quantitative estimate of drug-likeness (QED) is 0.0449. The Morgan fingerprint density at radius 2 is 1.17 bits per heavy atom. The maximum absolute atomic E-state index is 12.9. The Hall–Kier alpha value is -6.09. The predicted molar refractivity (Wildman–Crippen MR) is 256 cm³/mol. The summed E-state index contributed by atoms with van der Waals surface area (Å²) in [5, 5.41) is 0. The van der Waals surface area contributed by atoms with Gasteiger partial charge in [-0.3, -0.25) is 24.6 Å². The number of ether oxygens (including phenoxy) is 4. The molecule has 0 saturated carbocycles. The molecule has 0 fully saturated rings. The highest BCUT2D eigenvalue weighted by molar-refractivity contribution is 6.01. The molecular formula is C54H65N3O6. The first-order chi connectivity index (χ1) is 30.5. The lowest BCUT2D eigenvalue weighted by Crippen LogP contribution is -2.16. The second-order valence-corrected chi connectivity index (χ2v) is 16.2. The Bertz CT molecular complexity index is 2370. The number of hydrogen-bond donors (Lipinski definition) is 0. The maximum atomic E-state index is 12.9. The summed E-state index contributed by atoms with van der Waals surface area (Å²) in [4.78, 5) is 40.1. The number of carbonyl (C=O) groups is 2. The van der Waals surface area contributed by atoms with E-state index in [1.54, 1.807) is 44.7 Å². The van der Waals surface area contributed by atoms with Crippen LogP contribution in [0.1, 0.15) is 122 Å². The largest absolute Gasteiger partial charge is 0.493 e. The van der Waals surface area contributed by atoms with Gasteiger partial charge in [0.05, 0.1) is 31.3 Å². The summed E-state index contributed by atoms with van der Waals surface area (Å²) in [6.07, 6.45) is 12.4. The Balaban J connectivity index is 1.34. The van der Waals surface area contributed by atoms with Gasteiger partial charge in [0.2, 0.25) is 0 Å². The van der Waals surface area contributed by atoms with Gasteiger partial charge in [-0.15, -0.1) is 0 Å². The van der Waals surface area contributed by atoms with E-state index >= 15 is 0 Å². The topological polar surface area (TPSA) is 109 Å². The van der Waals surface area contributed by atoms with E-state index in [1.807, 2.05) is 24.6 Å². The molecule has 9 heteroatoms. The summed E-state index contributed by atoms with van der Waals surface area (Å²) < 4.78 is 24.1. The second kappa shape index (κ2) is 23.9. The van der Waals surface area contributed by atoms with Gasteiger partial charge in [0, 0.05) is 47.8 Å². The van der Waals surface area contributed by atoms with Crippen molar-refractivity contribution in [3.63, 3.8) is 0 Å². The highest BCUT2D eigenvalue weighted by Gasteiger charge is 2.20. The number of pyridine rings is 1. The lowest BCUT2D eigenvalue weighted by atomic mass is 9.85. The number of ketones is 2. The molecule has 0 aliphatic rings. The molecule has 1 heterocycles. The van der Waals surface area contributed by atoms with E-state index in [-0.39, 0.29) is 36.6 Å². The molecule has 0 spiro atoms. The van der Waals surface area contributed by atoms with Crippen molar-refractivity contribution >= 4 is 35.4 Å². The fourth-order valence-electron chi connectivity index (χ4n) is 7.84. The average Bonchev–Trinajstić information content (AvgIpc) is 3.30.